The van der Waals surface area contributed by atoms with Gasteiger partial charge in [0.25, 0.3) is 0 Å². The van der Waals surface area contributed by atoms with Gasteiger partial charge in [-0.05, 0) is 57.3 Å². The number of benzene rings is 2. The van der Waals surface area contributed by atoms with Crippen molar-refractivity contribution in [3.8, 4) is 16.9 Å². The van der Waals surface area contributed by atoms with E-state index in [4.69, 9.17) is 9.57 Å². The molecule has 0 radical (unpaired) electrons. The summed E-state index contributed by atoms with van der Waals surface area (Å²) in [5.74, 6) is -0.155. The van der Waals surface area contributed by atoms with Crippen LogP contribution in [-0.4, -0.2) is 71.6 Å². The van der Waals surface area contributed by atoms with E-state index in [0.717, 1.165) is 41.7 Å². The molecule has 0 unspecified atom stereocenters. The van der Waals surface area contributed by atoms with Crippen molar-refractivity contribution >= 4 is 23.0 Å². The van der Waals surface area contributed by atoms with E-state index in [1.165, 1.54) is 43.1 Å². The summed E-state index contributed by atoms with van der Waals surface area (Å²) in [5, 5.41) is 9.40. The van der Waals surface area contributed by atoms with E-state index in [0.29, 0.717) is 41.9 Å². The van der Waals surface area contributed by atoms with Gasteiger partial charge in [-0.2, -0.15) is 5.10 Å². The lowest BCUT2D eigenvalue weighted by Gasteiger charge is -2.54. The normalized spacial score (nSPS) is 19.6. The number of aryl methyl sites for hydroxylation is 1. The number of hydrogen-bond acceptors (Lipinski definition) is 9. The molecule has 1 N–H and O–H groups in total. The fourth-order valence-corrected chi connectivity index (χ4v) is 7.25. The zero-order valence-electron chi connectivity index (χ0n) is 26.7. The fraction of sp³-hybridized carbons (Fsp3) is 0.441. The van der Waals surface area contributed by atoms with Gasteiger partial charge in [-0.3, -0.25) is 9.52 Å². The summed E-state index contributed by atoms with van der Waals surface area (Å²) < 4.78 is 36.5. The lowest BCUT2D eigenvalue weighted by Crippen LogP contribution is -2.53. The van der Waals surface area contributed by atoms with E-state index in [1.54, 1.807) is 19.2 Å². The maximum Gasteiger partial charge on any atom is 0.164 e. The third-order valence-corrected chi connectivity index (χ3v) is 9.95. The smallest absolute Gasteiger partial charge is 0.164 e. The number of methoxy groups -OCH3 is 1. The molecule has 3 fully saturated rings. The molecule has 1 atom stereocenters. The molecule has 0 amide bonds. The molecule has 1 saturated carbocycles. The number of rotatable bonds is 8. The first-order chi connectivity index (χ1) is 22.2. The highest BCUT2D eigenvalue weighted by Crippen LogP contribution is 2.52. The molecule has 2 aromatic heterocycles. The van der Waals surface area contributed by atoms with E-state index in [2.05, 4.69) is 56.4 Å². The Kier molecular flexibility index (Phi) is 8.02. The molecule has 1 spiro atoms. The molecular formula is C34H40F2N8O2. The largest absolute Gasteiger partial charge is 0.494 e. The van der Waals surface area contributed by atoms with Gasteiger partial charge in [-0.25, -0.2) is 23.8 Å². The molecule has 242 valence electrons. The molecule has 2 aliphatic heterocycles. The first-order valence-corrected chi connectivity index (χ1v) is 15.8. The average Bonchev–Trinajstić information content (AvgIpc) is 3.71. The summed E-state index contributed by atoms with van der Waals surface area (Å²) in [7, 11) is 7.95. The van der Waals surface area contributed by atoms with Gasteiger partial charge >= 0.3 is 0 Å². The van der Waals surface area contributed by atoms with Crippen molar-refractivity contribution in [3.63, 3.8) is 0 Å². The van der Waals surface area contributed by atoms with Crippen LogP contribution in [0.15, 0.2) is 55.1 Å². The predicted molar refractivity (Wildman–Crippen MR) is 173 cm³/mol. The first kappa shape index (κ1) is 30.4. The number of halogens is 2. The topological polar surface area (TPSA) is 83.8 Å². The van der Waals surface area contributed by atoms with Crippen molar-refractivity contribution in [2.75, 3.05) is 56.2 Å². The summed E-state index contributed by atoms with van der Waals surface area (Å²) in [6, 6.07) is 10.3. The second-order valence-electron chi connectivity index (χ2n) is 13.0. The van der Waals surface area contributed by atoms with Crippen molar-refractivity contribution in [1.29, 1.82) is 0 Å². The highest BCUT2D eigenvalue weighted by molar-refractivity contribution is 5.85. The van der Waals surface area contributed by atoms with Crippen LogP contribution in [-0.2, 0) is 11.9 Å². The summed E-state index contributed by atoms with van der Waals surface area (Å²) >= 11 is 0. The highest BCUT2D eigenvalue weighted by Gasteiger charge is 2.46. The van der Waals surface area contributed by atoms with Gasteiger partial charge in [0.15, 0.2) is 17.5 Å². The molecular weight excluding hydrogens is 590 g/mol. The summed E-state index contributed by atoms with van der Waals surface area (Å²) in [6.45, 7) is 2.33. The maximum atomic E-state index is 14.7. The van der Waals surface area contributed by atoms with Crippen LogP contribution in [0.2, 0.25) is 0 Å². The van der Waals surface area contributed by atoms with Crippen molar-refractivity contribution < 1.29 is 18.4 Å². The van der Waals surface area contributed by atoms with Crippen LogP contribution in [0.4, 0.5) is 31.8 Å². The van der Waals surface area contributed by atoms with Crippen LogP contribution >= 0.6 is 0 Å². The molecule has 4 heterocycles. The Morgan fingerprint density at radius 1 is 1.09 bits per heavy atom. The minimum absolute atomic E-state index is 0.224. The minimum atomic E-state index is -0.889. The van der Waals surface area contributed by atoms with Gasteiger partial charge in [0.1, 0.15) is 17.9 Å². The predicted octanol–water partition coefficient (Wildman–Crippen LogP) is 6.10. The van der Waals surface area contributed by atoms with Crippen LogP contribution in [0, 0.1) is 17.0 Å². The molecule has 2 aromatic carbocycles. The number of aromatic nitrogens is 4. The van der Waals surface area contributed by atoms with Crippen LogP contribution in [0.5, 0.6) is 5.75 Å². The summed E-state index contributed by atoms with van der Waals surface area (Å²) in [5.41, 5.74) is 4.57. The van der Waals surface area contributed by atoms with Crippen molar-refractivity contribution in [3.05, 3.63) is 72.3 Å². The van der Waals surface area contributed by atoms with Gasteiger partial charge in [0.05, 0.1) is 31.6 Å². The SMILES string of the molecule is COc1cc(N2CCC3(CC2)CC(N(C)C)C3)c(-c2cnn(C)c2)cc1Nc1cc(N2OCC[C@@H]2c2cccc(F)c2F)ncn1. The molecule has 3 aliphatic rings. The van der Waals surface area contributed by atoms with Crippen LogP contribution < -0.4 is 20.0 Å². The van der Waals surface area contributed by atoms with Crippen LogP contribution in [0.25, 0.3) is 11.1 Å². The third kappa shape index (κ3) is 5.64. The Morgan fingerprint density at radius 2 is 1.89 bits per heavy atom. The minimum Gasteiger partial charge on any atom is -0.494 e. The number of nitrogens with zero attached hydrogens (tertiary/aromatic N) is 7. The van der Waals surface area contributed by atoms with E-state index in [9.17, 15) is 8.78 Å². The molecule has 1 aliphatic carbocycles. The molecule has 0 bridgehead atoms. The number of ether oxygens (including phenoxy) is 1. The Balaban J connectivity index is 1.17. The van der Waals surface area contributed by atoms with Crippen molar-refractivity contribution in [2.24, 2.45) is 12.5 Å². The molecule has 12 heteroatoms. The van der Waals surface area contributed by atoms with Crippen LogP contribution in [0.1, 0.15) is 43.7 Å². The van der Waals surface area contributed by atoms with Gasteiger partial charge in [-0.1, -0.05) is 12.1 Å². The number of hydroxylamine groups is 1. The van der Waals surface area contributed by atoms with Gasteiger partial charge < -0.3 is 19.9 Å². The van der Waals surface area contributed by atoms with Crippen molar-refractivity contribution in [1.82, 2.24) is 24.6 Å². The monoisotopic (exact) mass is 630 g/mol. The van der Waals surface area contributed by atoms with E-state index in [-0.39, 0.29) is 5.56 Å². The van der Waals surface area contributed by atoms with Crippen LogP contribution in [0.3, 0.4) is 0 Å². The summed E-state index contributed by atoms with van der Waals surface area (Å²) in [4.78, 5) is 19.5. The Hall–Kier alpha value is -4.29. The standard InChI is InChI=1S/C34H40F2N8O2/c1-41(2)23-17-34(18-23)9-11-43(12-10-34)29-15-30(45-4)27(14-25(29)22-19-39-42(3)20-22)40-31-16-32(38-21-37-31)44-28(8-13-46-44)24-6-5-7-26(35)33(24)36/h5-7,14-16,19-21,23,28H,8-13,17-18H2,1-4H3,(H,37,38,40)/t28-/m1/s1. The van der Waals surface area contributed by atoms with Gasteiger partial charge in [0, 0.05) is 73.3 Å². The number of hydrogen-bond donors (Lipinski definition) is 1. The van der Waals surface area contributed by atoms with E-state index >= 15 is 0 Å². The molecule has 4 aromatic rings. The molecule has 7 rings (SSSR count). The maximum absolute atomic E-state index is 14.7. The lowest BCUT2D eigenvalue weighted by atomic mass is 9.60. The Labute approximate surface area is 267 Å². The number of piperidine rings is 1. The quantitative estimate of drug-likeness (QED) is 0.248. The second kappa shape index (κ2) is 12.1. The molecule has 46 heavy (non-hydrogen) atoms. The van der Waals surface area contributed by atoms with Crippen molar-refractivity contribution in [2.45, 2.75) is 44.2 Å². The first-order valence-electron chi connectivity index (χ1n) is 15.8. The van der Waals surface area contributed by atoms with E-state index < -0.39 is 17.7 Å². The third-order valence-electron chi connectivity index (χ3n) is 9.95. The Bertz CT molecular complexity index is 1710. The van der Waals surface area contributed by atoms with Gasteiger partial charge in [0.2, 0.25) is 0 Å². The van der Waals surface area contributed by atoms with Gasteiger partial charge in [-0.15, -0.1) is 0 Å². The fourth-order valence-electron chi connectivity index (χ4n) is 7.25. The number of anilines is 4. The molecule has 2 saturated heterocycles. The lowest BCUT2D eigenvalue weighted by molar-refractivity contribution is 0.00491. The number of nitrogens with one attached hydrogen (secondary N) is 1. The highest BCUT2D eigenvalue weighted by atomic mass is 19.2. The zero-order valence-corrected chi connectivity index (χ0v) is 26.7. The molecule has 10 nitrogen and oxygen atoms in total. The Morgan fingerprint density at radius 3 is 2.61 bits per heavy atom. The summed E-state index contributed by atoms with van der Waals surface area (Å²) in [6.07, 6.45) is 10.7. The van der Waals surface area contributed by atoms with E-state index in [1.807, 2.05) is 24.1 Å². The zero-order chi connectivity index (χ0) is 32.0. The second-order valence-corrected chi connectivity index (χ2v) is 13.0. The average molecular weight is 631 g/mol.